The van der Waals surface area contributed by atoms with Gasteiger partial charge < -0.3 is 14.5 Å². The molecule has 0 bridgehead atoms. The van der Waals surface area contributed by atoms with Crippen LogP contribution < -0.4 is 9.64 Å². The van der Waals surface area contributed by atoms with E-state index in [4.69, 9.17) is 9.72 Å². The van der Waals surface area contributed by atoms with E-state index in [0.29, 0.717) is 26.2 Å². The number of thiazole rings is 1. The fourth-order valence-corrected chi connectivity index (χ4v) is 5.93. The second-order valence-corrected chi connectivity index (χ2v) is 10.7. The van der Waals surface area contributed by atoms with Gasteiger partial charge in [0.1, 0.15) is 11.3 Å². The van der Waals surface area contributed by atoms with E-state index in [9.17, 15) is 13.2 Å². The molecule has 4 rings (SSSR count). The van der Waals surface area contributed by atoms with Crippen LogP contribution in [0.25, 0.3) is 10.2 Å². The summed E-state index contributed by atoms with van der Waals surface area (Å²) < 4.78 is 31.4. The van der Waals surface area contributed by atoms with E-state index in [1.165, 1.54) is 6.07 Å². The Morgan fingerprint density at radius 3 is 2.52 bits per heavy atom. The van der Waals surface area contributed by atoms with Crippen molar-refractivity contribution < 1.29 is 17.9 Å². The lowest BCUT2D eigenvalue weighted by Gasteiger charge is -2.34. The third-order valence-electron chi connectivity index (χ3n) is 5.58. The van der Waals surface area contributed by atoms with E-state index in [1.807, 2.05) is 12.1 Å². The number of anilines is 1. The van der Waals surface area contributed by atoms with Crippen LogP contribution in [0, 0.1) is 6.92 Å². The summed E-state index contributed by atoms with van der Waals surface area (Å²) >= 11 is 1.63. The van der Waals surface area contributed by atoms with E-state index in [2.05, 4.69) is 11.8 Å². The zero-order chi connectivity index (χ0) is 22.2. The highest BCUT2D eigenvalue weighted by Crippen LogP contribution is 2.36. The third-order valence-corrected chi connectivity index (χ3v) is 8.62. The Balaban J connectivity index is 1.53. The molecule has 1 aliphatic heterocycles. The van der Waals surface area contributed by atoms with Gasteiger partial charge in [0.2, 0.25) is 0 Å². The highest BCUT2D eigenvalue weighted by Gasteiger charge is 2.28. The number of nitrogens with zero attached hydrogens (tertiary/aromatic N) is 3. The Hall–Kier alpha value is -2.65. The summed E-state index contributed by atoms with van der Waals surface area (Å²) in [7, 11) is -1.83. The molecule has 1 aromatic heterocycles. The van der Waals surface area contributed by atoms with Gasteiger partial charge in [-0.25, -0.2) is 13.4 Å². The fourth-order valence-electron chi connectivity index (χ4n) is 3.74. The van der Waals surface area contributed by atoms with Crippen LogP contribution in [0.4, 0.5) is 5.13 Å². The Morgan fingerprint density at radius 2 is 1.84 bits per heavy atom. The summed E-state index contributed by atoms with van der Waals surface area (Å²) in [4.78, 5) is 21.9. The standard InChI is InChI=1S/C22H25N3O4S2/c1-4-31(27,28)18-8-6-5-7-16(18)21(26)24-11-13-25(14-12-24)22-23-19-17(29-3)10-9-15(2)20(19)30-22/h5-10H,4,11-14H2,1-3H3. The summed E-state index contributed by atoms with van der Waals surface area (Å²) in [5.41, 5.74) is 2.26. The molecule has 7 nitrogen and oxygen atoms in total. The molecule has 9 heteroatoms. The van der Waals surface area contributed by atoms with Crippen molar-refractivity contribution in [3.8, 4) is 5.75 Å². The highest BCUT2D eigenvalue weighted by atomic mass is 32.2. The second kappa shape index (κ2) is 8.47. The van der Waals surface area contributed by atoms with Crippen molar-refractivity contribution in [3.63, 3.8) is 0 Å². The first-order chi connectivity index (χ1) is 14.9. The average molecular weight is 460 g/mol. The zero-order valence-electron chi connectivity index (χ0n) is 17.8. The summed E-state index contributed by atoms with van der Waals surface area (Å²) in [6.07, 6.45) is 0. The van der Waals surface area contributed by atoms with Crippen molar-refractivity contribution in [1.29, 1.82) is 0 Å². The van der Waals surface area contributed by atoms with Gasteiger partial charge >= 0.3 is 0 Å². The summed E-state index contributed by atoms with van der Waals surface area (Å²) in [6.45, 7) is 5.92. The Kier molecular flexibility index (Phi) is 5.90. The first-order valence-corrected chi connectivity index (χ1v) is 12.6. The maximum absolute atomic E-state index is 13.1. The molecule has 2 aromatic carbocycles. The van der Waals surface area contributed by atoms with Crippen LogP contribution in [0.5, 0.6) is 5.75 Å². The average Bonchev–Trinajstić information content (AvgIpc) is 3.25. The largest absolute Gasteiger partial charge is 0.494 e. The number of amides is 1. The van der Waals surface area contributed by atoms with Crippen molar-refractivity contribution in [2.45, 2.75) is 18.7 Å². The maximum Gasteiger partial charge on any atom is 0.255 e. The number of fused-ring (bicyclic) bond motifs is 1. The molecule has 164 valence electrons. The van der Waals surface area contributed by atoms with Gasteiger partial charge in [0.05, 0.1) is 28.0 Å². The van der Waals surface area contributed by atoms with Crippen LogP contribution >= 0.6 is 11.3 Å². The van der Waals surface area contributed by atoms with Gasteiger partial charge in [-0.05, 0) is 30.7 Å². The number of aryl methyl sites for hydroxylation is 1. The molecule has 1 aliphatic rings. The fraction of sp³-hybridized carbons (Fsp3) is 0.364. The predicted octanol–water partition coefficient (Wildman–Crippen LogP) is 3.37. The Morgan fingerprint density at radius 1 is 1.13 bits per heavy atom. The number of aromatic nitrogens is 1. The number of piperazine rings is 1. The van der Waals surface area contributed by atoms with Crippen LogP contribution in [-0.2, 0) is 9.84 Å². The molecule has 31 heavy (non-hydrogen) atoms. The zero-order valence-corrected chi connectivity index (χ0v) is 19.4. The number of hydrogen-bond acceptors (Lipinski definition) is 7. The van der Waals surface area contributed by atoms with E-state index in [1.54, 1.807) is 48.5 Å². The van der Waals surface area contributed by atoms with Gasteiger partial charge in [0.15, 0.2) is 15.0 Å². The quantitative estimate of drug-likeness (QED) is 0.582. The van der Waals surface area contributed by atoms with Crippen molar-refractivity contribution >= 4 is 42.4 Å². The van der Waals surface area contributed by atoms with Gasteiger partial charge in [-0.3, -0.25) is 4.79 Å². The molecule has 1 amide bonds. The lowest BCUT2D eigenvalue weighted by Crippen LogP contribution is -2.49. The minimum absolute atomic E-state index is 0.0362. The van der Waals surface area contributed by atoms with E-state index >= 15 is 0 Å². The lowest BCUT2D eigenvalue weighted by molar-refractivity contribution is 0.0743. The summed E-state index contributed by atoms with van der Waals surface area (Å²) in [5.74, 6) is 0.477. The molecular formula is C22H25N3O4S2. The third kappa shape index (κ3) is 3.99. The van der Waals surface area contributed by atoms with E-state index < -0.39 is 9.84 Å². The number of hydrogen-bond donors (Lipinski definition) is 0. The van der Waals surface area contributed by atoms with Gasteiger partial charge in [0, 0.05) is 26.2 Å². The Bertz CT molecular complexity index is 1230. The van der Waals surface area contributed by atoms with Gasteiger partial charge in [-0.2, -0.15) is 0 Å². The minimum atomic E-state index is -3.47. The number of ether oxygens (including phenoxy) is 1. The molecular weight excluding hydrogens is 434 g/mol. The Labute approximate surface area is 186 Å². The van der Waals surface area contributed by atoms with Crippen LogP contribution in [0.15, 0.2) is 41.3 Å². The number of rotatable bonds is 5. The molecule has 0 saturated carbocycles. The van der Waals surface area contributed by atoms with Crippen molar-refractivity contribution in [3.05, 3.63) is 47.5 Å². The smallest absolute Gasteiger partial charge is 0.255 e. The monoisotopic (exact) mass is 459 g/mol. The van der Waals surface area contributed by atoms with Gasteiger partial charge in [-0.15, -0.1) is 0 Å². The number of benzene rings is 2. The van der Waals surface area contributed by atoms with Gasteiger partial charge in [-0.1, -0.05) is 36.5 Å². The molecule has 0 atom stereocenters. The number of carbonyl (C=O) groups excluding carboxylic acids is 1. The maximum atomic E-state index is 13.1. The van der Waals surface area contributed by atoms with E-state index in [-0.39, 0.29) is 22.1 Å². The van der Waals surface area contributed by atoms with Crippen molar-refractivity contribution in [2.24, 2.45) is 0 Å². The summed E-state index contributed by atoms with van der Waals surface area (Å²) in [5, 5.41) is 0.906. The predicted molar refractivity (Wildman–Crippen MR) is 123 cm³/mol. The molecule has 0 N–H and O–H groups in total. The van der Waals surface area contributed by atoms with Crippen LogP contribution in [0.1, 0.15) is 22.8 Å². The summed E-state index contributed by atoms with van der Waals surface area (Å²) in [6, 6.07) is 10.4. The highest BCUT2D eigenvalue weighted by molar-refractivity contribution is 7.91. The number of methoxy groups -OCH3 is 1. The minimum Gasteiger partial charge on any atom is -0.494 e. The second-order valence-electron chi connectivity index (χ2n) is 7.44. The van der Waals surface area contributed by atoms with Crippen LogP contribution in [0.3, 0.4) is 0 Å². The molecule has 0 aliphatic carbocycles. The van der Waals surface area contributed by atoms with Crippen LogP contribution in [0.2, 0.25) is 0 Å². The van der Waals surface area contributed by atoms with E-state index in [0.717, 1.165) is 26.7 Å². The number of sulfone groups is 1. The number of carbonyl (C=O) groups is 1. The molecule has 2 heterocycles. The lowest BCUT2D eigenvalue weighted by atomic mass is 10.2. The van der Waals surface area contributed by atoms with Gasteiger partial charge in [0.25, 0.3) is 5.91 Å². The van der Waals surface area contributed by atoms with Crippen molar-refractivity contribution in [2.75, 3.05) is 43.9 Å². The first-order valence-electron chi connectivity index (χ1n) is 10.2. The molecule has 0 radical (unpaired) electrons. The van der Waals surface area contributed by atoms with Crippen molar-refractivity contribution in [1.82, 2.24) is 9.88 Å². The molecule has 3 aromatic rings. The topological polar surface area (TPSA) is 79.8 Å². The molecule has 0 spiro atoms. The normalized spacial score (nSPS) is 14.8. The van der Waals surface area contributed by atoms with Crippen LogP contribution in [-0.4, -0.2) is 63.3 Å². The SMILES string of the molecule is CCS(=O)(=O)c1ccccc1C(=O)N1CCN(c2nc3c(OC)ccc(C)c3s2)CC1. The molecule has 0 unspecified atom stereocenters. The molecule has 1 saturated heterocycles. The first kappa shape index (κ1) is 21.6. The molecule has 1 fully saturated rings.